The van der Waals surface area contributed by atoms with Crippen LogP contribution in [0.5, 0.6) is 5.75 Å². The number of hydrogen-bond acceptors (Lipinski definition) is 4. The highest BCUT2D eigenvalue weighted by molar-refractivity contribution is 6.24. The molecule has 1 fully saturated rings. The molecule has 0 radical (unpaired) electrons. The van der Waals surface area contributed by atoms with Crippen LogP contribution in [0.2, 0.25) is 0 Å². The zero-order valence-corrected chi connectivity index (χ0v) is 17.6. The number of aryl methyl sites for hydroxylation is 1. The second-order valence-electron chi connectivity index (χ2n) is 8.26. The minimum absolute atomic E-state index is 0.119. The number of nitrogens with zero attached hydrogens (tertiary/aromatic N) is 3. The van der Waals surface area contributed by atoms with Gasteiger partial charge in [0.05, 0.1) is 19.5 Å². The standard InChI is InChI=1S/C25H27N3O2/c1-18-9-10-23(30-2)20(15-18)16-26-11-13-27(14-12-26)17-28-22-8-4-6-19-5-3-7-21(24(19)22)25(28)29/h3-10,15H,11-14,16-17H2,1-2H3. The lowest BCUT2D eigenvalue weighted by Crippen LogP contribution is -2.50. The number of benzene rings is 3. The number of piperazine rings is 1. The van der Waals surface area contributed by atoms with Gasteiger partial charge in [-0.3, -0.25) is 19.5 Å². The van der Waals surface area contributed by atoms with Gasteiger partial charge in [0, 0.05) is 49.2 Å². The molecular weight excluding hydrogens is 374 g/mol. The van der Waals surface area contributed by atoms with Crippen LogP contribution in [0.25, 0.3) is 10.8 Å². The van der Waals surface area contributed by atoms with Crippen molar-refractivity contribution in [3.05, 3.63) is 71.3 Å². The first-order chi connectivity index (χ1) is 14.6. The van der Waals surface area contributed by atoms with Gasteiger partial charge in [-0.15, -0.1) is 0 Å². The van der Waals surface area contributed by atoms with Crippen molar-refractivity contribution in [2.24, 2.45) is 0 Å². The molecule has 5 nitrogen and oxygen atoms in total. The van der Waals surface area contributed by atoms with Crippen LogP contribution in [0.4, 0.5) is 5.69 Å². The first kappa shape index (κ1) is 19.1. The van der Waals surface area contributed by atoms with Gasteiger partial charge < -0.3 is 4.74 Å². The van der Waals surface area contributed by atoms with E-state index in [0.717, 1.165) is 60.5 Å². The molecule has 3 aromatic rings. The number of amides is 1. The fourth-order valence-corrected chi connectivity index (χ4v) is 4.68. The van der Waals surface area contributed by atoms with Crippen molar-refractivity contribution >= 4 is 22.4 Å². The molecule has 3 aromatic carbocycles. The number of carbonyl (C=O) groups excluding carboxylic acids is 1. The highest BCUT2D eigenvalue weighted by Crippen LogP contribution is 2.37. The van der Waals surface area contributed by atoms with Crippen LogP contribution >= 0.6 is 0 Å². The van der Waals surface area contributed by atoms with E-state index in [9.17, 15) is 4.79 Å². The van der Waals surface area contributed by atoms with E-state index in [4.69, 9.17) is 4.74 Å². The molecule has 30 heavy (non-hydrogen) atoms. The summed E-state index contributed by atoms with van der Waals surface area (Å²) >= 11 is 0. The van der Waals surface area contributed by atoms with Crippen LogP contribution in [-0.2, 0) is 6.54 Å². The summed E-state index contributed by atoms with van der Waals surface area (Å²) in [6.45, 7) is 7.52. The summed E-state index contributed by atoms with van der Waals surface area (Å²) in [5.41, 5.74) is 4.36. The molecular formula is C25H27N3O2. The predicted octanol–water partition coefficient (Wildman–Crippen LogP) is 3.89. The maximum Gasteiger partial charge on any atom is 0.260 e. The Morgan fingerprint density at radius 3 is 2.43 bits per heavy atom. The fraction of sp³-hybridized carbons (Fsp3) is 0.320. The summed E-state index contributed by atoms with van der Waals surface area (Å²) in [7, 11) is 1.73. The maximum atomic E-state index is 13.0. The van der Waals surface area contributed by atoms with E-state index in [0.29, 0.717) is 6.67 Å². The summed E-state index contributed by atoms with van der Waals surface area (Å²) in [4.78, 5) is 19.8. The SMILES string of the molecule is COc1ccc(C)cc1CN1CCN(CN2C(=O)c3cccc4cccc2c34)CC1. The third-order valence-corrected chi connectivity index (χ3v) is 6.29. The van der Waals surface area contributed by atoms with Crippen molar-refractivity contribution in [2.45, 2.75) is 13.5 Å². The molecule has 0 spiro atoms. The number of ether oxygens (including phenoxy) is 1. The first-order valence-corrected chi connectivity index (χ1v) is 10.6. The van der Waals surface area contributed by atoms with E-state index in [1.54, 1.807) is 7.11 Å². The number of rotatable bonds is 5. The summed E-state index contributed by atoms with van der Waals surface area (Å²) in [6.07, 6.45) is 0. The molecule has 0 atom stereocenters. The molecule has 5 heteroatoms. The second kappa shape index (κ2) is 7.74. The van der Waals surface area contributed by atoms with Gasteiger partial charge in [-0.25, -0.2) is 0 Å². The van der Waals surface area contributed by atoms with Crippen LogP contribution in [0, 0.1) is 6.92 Å². The number of anilines is 1. The molecule has 0 N–H and O–H groups in total. The van der Waals surface area contributed by atoms with Gasteiger partial charge in [-0.1, -0.05) is 42.0 Å². The Labute approximate surface area is 177 Å². The van der Waals surface area contributed by atoms with Crippen molar-refractivity contribution in [1.82, 2.24) is 9.80 Å². The maximum absolute atomic E-state index is 13.0. The Bertz CT molecular complexity index is 1100. The van der Waals surface area contributed by atoms with Gasteiger partial charge in [-0.2, -0.15) is 0 Å². The van der Waals surface area contributed by atoms with Gasteiger partial charge in [0.15, 0.2) is 0 Å². The van der Waals surface area contributed by atoms with Crippen LogP contribution in [0.1, 0.15) is 21.5 Å². The molecule has 0 aliphatic carbocycles. The highest BCUT2D eigenvalue weighted by atomic mass is 16.5. The molecule has 0 aromatic heterocycles. The van der Waals surface area contributed by atoms with Gasteiger partial charge in [0.25, 0.3) is 5.91 Å². The average molecular weight is 402 g/mol. The van der Waals surface area contributed by atoms with Gasteiger partial charge in [0.1, 0.15) is 5.75 Å². The molecule has 2 heterocycles. The van der Waals surface area contributed by atoms with E-state index < -0.39 is 0 Å². The normalized spacial score (nSPS) is 17.1. The molecule has 1 amide bonds. The van der Waals surface area contributed by atoms with Crippen LogP contribution < -0.4 is 9.64 Å². The smallest absolute Gasteiger partial charge is 0.260 e. The lowest BCUT2D eigenvalue weighted by atomic mass is 10.1. The fourth-order valence-electron chi connectivity index (χ4n) is 4.68. The molecule has 1 saturated heterocycles. The van der Waals surface area contributed by atoms with E-state index in [-0.39, 0.29) is 5.91 Å². The van der Waals surface area contributed by atoms with Gasteiger partial charge in [0.2, 0.25) is 0 Å². The predicted molar refractivity (Wildman–Crippen MR) is 120 cm³/mol. The quantitative estimate of drug-likeness (QED) is 0.650. The minimum atomic E-state index is 0.119. The number of methoxy groups -OCH3 is 1. The average Bonchev–Trinajstić information content (AvgIpc) is 3.03. The molecule has 0 bridgehead atoms. The van der Waals surface area contributed by atoms with Gasteiger partial charge in [-0.05, 0) is 30.5 Å². The lowest BCUT2D eigenvalue weighted by Gasteiger charge is -2.37. The lowest BCUT2D eigenvalue weighted by molar-refractivity contribution is 0.0934. The van der Waals surface area contributed by atoms with E-state index in [1.165, 1.54) is 11.1 Å². The van der Waals surface area contributed by atoms with Crippen molar-refractivity contribution in [2.75, 3.05) is 44.9 Å². The van der Waals surface area contributed by atoms with Crippen LogP contribution in [0.3, 0.4) is 0 Å². The topological polar surface area (TPSA) is 36.0 Å². The third-order valence-electron chi connectivity index (χ3n) is 6.29. The molecule has 154 valence electrons. The van der Waals surface area contributed by atoms with Gasteiger partial charge >= 0.3 is 0 Å². The molecule has 2 aliphatic rings. The second-order valence-corrected chi connectivity index (χ2v) is 8.26. The van der Waals surface area contributed by atoms with E-state index in [2.05, 4.69) is 53.1 Å². The molecule has 0 saturated carbocycles. The number of carbonyl (C=O) groups is 1. The van der Waals surface area contributed by atoms with Crippen molar-refractivity contribution in [1.29, 1.82) is 0 Å². The van der Waals surface area contributed by atoms with E-state index in [1.807, 2.05) is 23.1 Å². The Hall–Kier alpha value is -2.89. The summed E-state index contributed by atoms with van der Waals surface area (Å²) in [5.74, 6) is 1.07. The molecule has 5 rings (SSSR count). The minimum Gasteiger partial charge on any atom is -0.496 e. The van der Waals surface area contributed by atoms with Crippen LogP contribution in [0.15, 0.2) is 54.6 Å². The third kappa shape index (κ3) is 3.34. The molecule has 0 unspecified atom stereocenters. The number of hydrogen-bond donors (Lipinski definition) is 0. The Kier molecular flexibility index (Phi) is 4.93. The summed E-state index contributed by atoms with van der Waals surface area (Å²) in [5, 5.41) is 2.23. The summed E-state index contributed by atoms with van der Waals surface area (Å²) in [6, 6.07) is 18.5. The van der Waals surface area contributed by atoms with Crippen molar-refractivity contribution in [3.63, 3.8) is 0 Å². The first-order valence-electron chi connectivity index (χ1n) is 10.6. The van der Waals surface area contributed by atoms with Crippen LogP contribution in [-0.4, -0.2) is 55.7 Å². The Morgan fingerprint density at radius 2 is 1.67 bits per heavy atom. The van der Waals surface area contributed by atoms with Crippen molar-refractivity contribution < 1.29 is 9.53 Å². The Balaban J connectivity index is 1.25. The molecule has 2 aliphatic heterocycles. The van der Waals surface area contributed by atoms with E-state index >= 15 is 0 Å². The zero-order chi connectivity index (χ0) is 20.7. The Morgan fingerprint density at radius 1 is 0.933 bits per heavy atom. The zero-order valence-electron chi connectivity index (χ0n) is 17.6. The largest absolute Gasteiger partial charge is 0.496 e. The highest BCUT2D eigenvalue weighted by Gasteiger charge is 2.31. The van der Waals surface area contributed by atoms with Crippen molar-refractivity contribution in [3.8, 4) is 5.75 Å². The summed E-state index contributed by atoms with van der Waals surface area (Å²) < 4.78 is 5.54. The monoisotopic (exact) mass is 401 g/mol.